The summed E-state index contributed by atoms with van der Waals surface area (Å²) in [5.41, 5.74) is 3.92. The smallest absolute Gasteiger partial charge is 0.230 e. The zero-order valence-electron chi connectivity index (χ0n) is 15.9. The molecule has 2 rings (SSSR count). The number of anilines is 1. The van der Waals surface area contributed by atoms with Crippen LogP contribution in [0.1, 0.15) is 23.1 Å². The van der Waals surface area contributed by atoms with Crippen LogP contribution in [0.2, 0.25) is 0 Å². The predicted molar refractivity (Wildman–Crippen MR) is 113 cm³/mol. The summed E-state index contributed by atoms with van der Waals surface area (Å²) in [7, 11) is 3.51. The van der Waals surface area contributed by atoms with Crippen LogP contribution in [0.3, 0.4) is 0 Å². The highest BCUT2D eigenvalue weighted by Crippen LogP contribution is 2.12. The molecule has 0 aliphatic carbocycles. The van der Waals surface area contributed by atoms with E-state index in [0.717, 1.165) is 22.4 Å². The van der Waals surface area contributed by atoms with Crippen LogP contribution in [-0.4, -0.2) is 35.9 Å². The van der Waals surface area contributed by atoms with E-state index in [1.165, 1.54) is 0 Å². The Hall–Kier alpha value is -2.73. The maximum absolute atomic E-state index is 12.1. The average Bonchev–Trinajstić information content (AvgIpc) is 2.62. The monoisotopic (exact) mass is 383 g/mol. The van der Waals surface area contributed by atoms with E-state index in [1.807, 2.05) is 55.5 Å². The third-order valence-electron chi connectivity index (χ3n) is 4.20. The van der Waals surface area contributed by atoms with Crippen molar-refractivity contribution in [3.63, 3.8) is 0 Å². The molecule has 0 atom stereocenters. The molecule has 0 saturated heterocycles. The fraction of sp³-hybridized carbons (Fsp3) is 0.286. The van der Waals surface area contributed by atoms with Gasteiger partial charge in [0.2, 0.25) is 11.8 Å². The summed E-state index contributed by atoms with van der Waals surface area (Å²) in [6.07, 6.45) is 1.45. The first-order valence-electron chi connectivity index (χ1n) is 8.79. The summed E-state index contributed by atoms with van der Waals surface area (Å²) in [5, 5.41) is 5.98. The van der Waals surface area contributed by atoms with Crippen molar-refractivity contribution in [1.29, 1.82) is 0 Å². The second-order valence-electron chi connectivity index (χ2n) is 6.59. The number of nitrogens with one attached hydrogen (secondary N) is 2. The van der Waals surface area contributed by atoms with Gasteiger partial charge in [0.05, 0.1) is 6.42 Å². The van der Waals surface area contributed by atoms with Gasteiger partial charge in [0.15, 0.2) is 5.11 Å². The SMILES string of the molecule is Cc1ccccc1CC(=O)NC(=S)Nc1ccc(CCC(=O)N(C)C)cc1. The molecular weight excluding hydrogens is 358 g/mol. The lowest BCUT2D eigenvalue weighted by Gasteiger charge is -2.12. The van der Waals surface area contributed by atoms with Gasteiger partial charge in [-0.3, -0.25) is 9.59 Å². The Bertz CT molecular complexity index is 816. The summed E-state index contributed by atoms with van der Waals surface area (Å²) < 4.78 is 0. The van der Waals surface area contributed by atoms with Crippen LogP contribution in [0, 0.1) is 6.92 Å². The van der Waals surface area contributed by atoms with Gasteiger partial charge in [-0.1, -0.05) is 36.4 Å². The van der Waals surface area contributed by atoms with Gasteiger partial charge in [0.1, 0.15) is 0 Å². The molecular formula is C21H25N3O2S. The summed E-state index contributed by atoms with van der Waals surface area (Å²) in [6, 6.07) is 15.4. The fourth-order valence-corrected chi connectivity index (χ4v) is 2.78. The number of nitrogens with zero attached hydrogens (tertiary/aromatic N) is 1. The zero-order chi connectivity index (χ0) is 19.8. The van der Waals surface area contributed by atoms with E-state index >= 15 is 0 Å². The number of carbonyl (C=O) groups is 2. The number of hydrogen-bond acceptors (Lipinski definition) is 3. The van der Waals surface area contributed by atoms with Crippen LogP contribution < -0.4 is 10.6 Å². The number of hydrogen-bond donors (Lipinski definition) is 2. The molecule has 0 bridgehead atoms. The van der Waals surface area contributed by atoms with Crippen molar-refractivity contribution >= 4 is 34.8 Å². The predicted octanol–water partition coefficient (Wildman–Crippen LogP) is 3.07. The number of rotatable bonds is 6. The largest absolute Gasteiger partial charge is 0.349 e. The molecule has 0 heterocycles. The lowest BCUT2D eigenvalue weighted by Crippen LogP contribution is -2.35. The van der Waals surface area contributed by atoms with E-state index in [4.69, 9.17) is 12.2 Å². The lowest BCUT2D eigenvalue weighted by molar-refractivity contribution is -0.128. The van der Waals surface area contributed by atoms with E-state index in [9.17, 15) is 9.59 Å². The Morgan fingerprint density at radius 2 is 1.70 bits per heavy atom. The van der Waals surface area contributed by atoms with Gasteiger partial charge >= 0.3 is 0 Å². The number of carbonyl (C=O) groups excluding carboxylic acids is 2. The third-order valence-corrected chi connectivity index (χ3v) is 4.41. The molecule has 2 N–H and O–H groups in total. The highest BCUT2D eigenvalue weighted by molar-refractivity contribution is 7.80. The highest BCUT2D eigenvalue weighted by Gasteiger charge is 2.08. The quantitative estimate of drug-likeness (QED) is 0.753. The second kappa shape index (κ2) is 9.83. The fourth-order valence-electron chi connectivity index (χ4n) is 2.54. The van der Waals surface area contributed by atoms with Crippen molar-refractivity contribution in [3.8, 4) is 0 Å². The Labute approximate surface area is 165 Å². The Morgan fingerprint density at radius 1 is 1.04 bits per heavy atom. The summed E-state index contributed by atoms with van der Waals surface area (Å²) in [4.78, 5) is 25.4. The van der Waals surface area contributed by atoms with E-state index in [-0.39, 0.29) is 23.3 Å². The number of aryl methyl sites for hydroxylation is 2. The van der Waals surface area contributed by atoms with Crippen molar-refractivity contribution < 1.29 is 9.59 Å². The minimum atomic E-state index is -0.152. The Balaban J connectivity index is 1.82. The second-order valence-corrected chi connectivity index (χ2v) is 7.00. The molecule has 0 fully saturated rings. The van der Waals surface area contributed by atoms with Crippen molar-refractivity contribution in [2.75, 3.05) is 19.4 Å². The van der Waals surface area contributed by atoms with E-state index in [0.29, 0.717) is 12.8 Å². The topological polar surface area (TPSA) is 61.4 Å². The van der Waals surface area contributed by atoms with Gasteiger partial charge in [0, 0.05) is 26.2 Å². The molecule has 0 unspecified atom stereocenters. The van der Waals surface area contributed by atoms with Crippen LogP contribution in [-0.2, 0) is 22.4 Å². The lowest BCUT2D eigenvalue weighted by atomic mass is 10.1. The van der Waals surface area contributed by atoms with Crippen molar-refractivity contribution in [2.45, 2.75) is 26.2 Å². The van der Waals surface area contributed by atoms with Crippen molar-refractivity contribution in [3.05, 3.63) is 65.2 Å². The molecule has 5 nitrogen and oxygen atoms in total. The number of amides is 2. The third kappa shape index (κ3) is 6.83. The highest BCUT2D eigenvalue weighted by atomic mass is 32.1. The van der Waals surface area contributed by atoms with Gasteiger partial charge in [-0.15, -0.1) is 0 Å². The molecule has 2 amide bonds. The molecule has 0 aromatic heterocycles. The first-order chi connectivity index (χ1) is 12.8. The molecule has 0 spiro atoms. The zero-order valence-corrected chi connectivity index (χ0v) is 16.7. The molecule has 142 valence electrons. The average molecular weight is 384 g/mol. The first kappa shape index (κ1) is 20.6. The van der Waals surface area contributed by atoms with Crippen LogP contribution in [0.4, 0.5) is 5.69 Å². The minimum Gasteiger partial charge on any atom is -0.349 e. The Kier molecular flexibility index (Phi) is 7.49. The van der Waals surface area contributed by atoms with Gasteiger partial charge in [-0.25, -0.2) is 0 Å². The van der Waals surface area contributed by atoms with Crippen LogP contribution >= 0.6 is 12.2 Å². The van der Waals surface area contributed by atoms with E-state index < -0.39 is 0 Å². The minimum absolute atomic E-state index is 0.106. The number of benzene rings is 2. The van der Waals surface area contributed by atoms with E-state index in [1.54, 1.807) is 19.0 Å². The molecule has 0 saturated carbocycles. The van der Waals surface area contributed by atoms with Crippen molar-refractivity contribution in [1.82, 2.24) is 10.2 Å². The summed E-state index contributed by atoms with van der Waals surface area (Å²) in [6.45, 7) is 1.98. The number of thiocarbonyl (C=S) groups is 1. The maximum Gasteiger partial charge on any atom is 0.230 e. The summed E-state index contributed by atoms with van der Waals surface area (Å²) >= 11 is 5.22. The normalized spacial score (nSPS) is 10.2. The molecule has 6 heteroatoms. The standard InChI is InChI=1S/C21H25N3O2S/c1-15-6-4-5-7-17(15)14-19(25)23-21(27)22-18-11-8-16(9-12-18)10-13-20(26)24(2)3/h4-9,11-12H,10,13-14H2,1-3H3,(H2,22,23,25,27). The van der Waals surface area contributed by atoms with Crippen LogP contribution in [0.5, 0.6) is 0 Å². The van der Waals surface area contributed by atoms with Gasteiger partial charge in [-0.05, 0) is 54.4 Å². The van der Waals surface area contributed by atoms with Crippen LogP contribution in [0.25, 0.3) is 0 Å². The summed E-state index contributed by atoms with van der Waals surface area (Å²) in [5.74, 6) is -0.0460. The molecule has 2 aromatic rings. The molecule has 0 aliphatic rings. The van der Waals surface area contributed by atoms with Crippen molar-refractivity contribution in [2.24, 2.45) is 0 Å². The maximum atomic E-state index is 12.1. The molecule has 2 aromatic carbocycles. The first-order valence-corrected chi connectivity index (χ1v) is 9.20. The molecule has 27 heavy (non-hydrogen) atoms. The molecule has 0 aliphatic heterocycles. The van der Waals surface area contributed by atoms with E-state index in [2.05, 4.69) is 10.6 Å². The van der Waals surface area contributed by atoms with Gasteiger partial charge in [0.25, 0.3) is 0 Å². The van der Waals surface area contributed by atoms with Crippen LogP contribution in [0.15, 0.2) is 48.5 Å². The Morgan fingerprint density at radius 3 is 2.33 bits per heavy atom. The molecule has 0 radical (unpaired) electrons. The van der Waals surface area contributed by atoms with Gasteiger partial charge in [-0.2, -0.15) is 0 Å². The van der Waals surface area contributed by atoms with Gasteiger partial charge < -0.3 is 15.5 Å².